The third-order valence-electron chi connectivity index (χ3n) is 9.30. The number of fused-ring (bicyclic) bond motifs is 2. The van der Waals surface area contributed by atoms with Crippen LogP contribution in [0.5, 0.6) is 0 Å². The van der Waals surface area contributed by atoms with Gasteiger partial charge in [0, 0.05) is 36.1 Å². The molecule has 48 heavy (non-hydrogen) atoms. The summed E-state index contributed by atoms with van der Waals surface area (Å²) in [6.07, 6.45) is 3.42. The zero-order chi connectivity index (χ0) is 33.9. The number of carbonyl (C=O) groups excluding carboxylic acids is 4. The Morgan fingerprint density at radius 1 is 0.750 bits per heavy atom. The molecule has 2 amide bonds. The van der Waals surface area contributed by atoms with E-state index in [1.165, 1.54) is 14.2 Å². The van der Waals surface area contributed by atoms with E-state index in [0.29, 0.717) is 13.1 Å². The van der Waals surface area contributed by atoms with E-state index in [-0.39, 0.29) is 36.7 Å². The standard InChI is InChI=1S/C36H40N6O6/c1-21(17-31(43)47-3)35(45)41-15-5-7-29(41)33-37-25-13-11-23(19-27(25)39-33)9-10-24-12-14-26-28(20-24)40-34(38-26)30-8-6-16-42(30)36(46)22(2)18-32(44)48-4/h11-14,19-22,29-30H,5-8,15-18H2,1-4H3,(H,37,39)(H,38,40)/t21-,22-,29+,30+/m1/s1. The molecule has 4 aromatic rings. The van der Waals surface area contributed by atoms with Gasteiger partial charge >= 0.3 is 11.9 Å². The van der Waals surface area contributed by atoms with Crippen LogP contribution in [0.1, 0.15) is 87.2 Å². The summed E-state index contributed by atoms with van der Waals surface area (Å²) in [6.45, 7) is 4.76. The van der Waals surface area contributed by atoms with Crippen LogP contribution in [0.3, 0.4) is 0 Å². The summed E-state index contributed by atoms with van der Waals surface area (Å²) in [5.41, 5.74) is 4.89. The zero-order valence-corrected chi connectivity index (χ0v) is 27.7. The number of aromatic amines is 2. The fourth-order valence-corrected chi connectivity index (χ4v) is 6.71. The molecule has 2 aliphatic rings. The first-order valence-electron chi connectivity index (χ1n) is 16.4. The lowest BCUT2D eigenvalue weighted by atomic mass is 10.1. The van der Waals surface area contributed by atoms with Crippen LogP contribution in [0.4, 0.5) is 0 Å². The van der Waals surface area contributed by atoms with Crippen molar-refractivity contribution in [2.24, 2.45) is 11.8 Å². The van der Waals surface area contributed by atoms with Crippen molar-refractivity contribution in [3.63, 3.8) is 0 Å². The van der Waals surface area contributed by atoms with Gasteiger partial charge in [-0.3, -0.25) is 19.2 Å². The minimum atomic E-state index is -0.466. The number of benzene rings is 2. The SMILES string of the molecule is COC(=O)C[C@@H](C)C(=O)N1CCC[C@H]1c1nc2ccc(C#Cc3ccc4nc([C@@H]5CCCN5C(=O)[C@H](C)CC(=O)OC)[nH]c4c3)cc2[nH]1. The van der Waals surface area contributed by atoms with E-state index < -0.39 is 23.8 Å². The van der Waals surface area contributed by atoms with Crippen LogP contribution in [0.15, 0.2) is 36.4 Å². The molecule has 2 aliphatic heterocycles. The second kappa shape index (κ2) is 13.9. The third kappa shape index (κ3) is 6.76. The number of esters is 2. The molecule has 0 aliphatic carbocycles. The number of carbonyl (C=O) groups is 4. The molecule has 0 saturated carbocycles. The summed E-state index contributed by atoms with van der Waals surface area (Å²) in [4.78, 5) is 69.8. The van der Waals surface area contributed by atoms with Crippen molar-refractivity contribution in [1.82, 2.24) is 29.7 Å². The zero-order valence-electron chi connectivity index (χ0n) is 27.7. The third-order valence-corrected chi connectivity index (χ3v) is 9.30. The van der Waals surface area contributed by atoms with Gasteiger partial charge in [0.2, 0.25) is 11.8 Å². The largest absolute Gasteiger partial charge is 0.469 e. The molecule has 0 bridgehead atoms. The maximum Gasteiger partial charge on any atom is 0.306 e. The van der Waals surface area contributed by atoms with Crippen LogP contribution in [0.2, 0.25) is 0 Å². The molecular formula is C36H40N6O6. The van der Waals surface area contributed by atoms with E-state index in [0.717, 1.165) is 70.5 Å². The predicted molar refractivity (Wildman–Crippen MR) is 177 cm³/mol. The molecule has 250 valence electrons. The van der Waals surface area contributed by atoms with Crippen LogP contribution in [-0.2, 0) is 28.7 Å². The Kier molecular flexibility index (Phi) is 9.48. The molecule has 0 unspecified atom stereocenters. The average molecular weight is 653 g/mol. The molecule has 12 heteroatoms. The minimum absolute atomic E-state index is 0.0500. The number of hydrogen-bond acceptors (Lipinski definition) is 8. The Labute approximate surface area is 278 Å². The number of H-pyrrole nitrogens is 2. The van der Waals surface area contributed by atoms with Crippen LogP contribution in [0, 0.1) is 23.7 Å². The first-order chi connectivity index (χ1) is 23.1. The minimum Gasteiger partial charge on any atom is -0.469 e. The van der Waals surface area contributed by atoms with E-state index >= 15 is 0 Å². The van der Waals surface area contributed by atoms with Crippen molar-refractivity contribution in [1.29, 1.82) is 0 Å². The van der Waals surface area contributed by atoms with Crippen molar-refractivity contribution >= 4 is 45.8 Å². The molecule has 12 nitrogen and oxygen atoms in total. The molecule has 2 fully saturated rings. The number of aromatic nitrogens is 4. The van der Waals surface area contributed by atoms with E-state index in [4.69, 9.17) is 19.4 Å². The Morgan fingerprint density at radius 3 is 1.56 bits per heavy atom. The molecule has 2 saturated heterocycles. The van der Waals surface area contributed by atoms with Crippen LogP contribution in [-0.4, -0.2) is 80.8 Å². The van der Waals surface area contributed by atoms with E-state index in [1.54, 1.807) is 13.8 Å². The van der Waals surface area contributed by atoms with Crippen LogP contribution >= 0.6 is 0 Å². The molecule has 4 heterocycles. The Balaban J connectivity index is 1.16. The van der Waals surface area contributed by atoms with Gasteiger partial charge < -0.3 is 29.2 Å². The van der Waals surface area contributed by atoms with E-state index in [2.05, 4.69) is 21.8 Å². The number of methoxy groups -OCH3 is 2. The van der Waals surface area contributed by atoms with Crippen molar-refractivity contribution in [3.05, 3.63) is 59.2 Å². The highest BCUT2D eigenvalue weighted by Gasteiger charge is 2.36. The molecule has 6 rings (SSSR count). The highest BCUT2D eigenvalue weighted by Crippen LogP contribution is 2.34. The summed E-state index contributed by atoms with van der Waals surface area (Å²) in [7, 11) is 2.65. The van der Waals surface area contributed by atoms with Gasteiger partial charge in [-0.2, -0.15) is 0 Å². The fraction of sp³-hybridized carbons (Fsp3) is 0.444. The summed E-state index contributed by atoms with van der Waals surface area (Å²) in [5, 5.41) is 0. The molecule has 2 N–H and O–H groups in total. The second-order valence-corrected chi connectivity index (χ2v) is 12.7. The smallest absolute Gasteiger partial charge is 0.306 e. The van der Waals surface area contributed by atoms with Gasteiger partial charge in [0.05, 0.1) is 61.2 Å². The number of imidazole rings is 2. The second-order valence-electron chi connectivity index (χ2n) is 12.7. The normalized spacial score (nSPS) is 18.8. The monoisotopic (exact) mass is 652 g/mol. The Morgan fingerprint density at radius 2 is 1.17 bits per heavy atom. The highest BCUT2D eigenvalue weighted by atomic mass is 16.5. The average Bonchev–Trinajstić information content (AvgIpc) is 3.91. The van der Waals surface area contributed by atoms with Gasteiger partial charge in [0.25, 0.3) is 0 Å². The van der Waals surface area contributed by atoms with Crippen molar-refractivity contribution in [3.8, 4) is 11.8 Å². The fourth-order valence-electron chi connectivity index (χ4n) is 6.71. The van der Waals surface area contributed by atoms with Crippen molar-refractivity contribution < 1.29 is 28.7 Å². The highest BCUT2D eigenvalue weighted by molar-refractivity contribution is 5.85. The van der Waals surface area contributed by atoms with Crippen molar-refractivity contribution in [2.45, 2.75) is 64.5 Å². The first kappa shape index (κ1) is 32.7. The van der Waals surface area contributed by atoms with Gasteiger partial charge in [-0.15, -0.1) is 0 Å². The number of ether oxygens (including phenoxy) is 2. The predicted octanol–water partition coefficient (Wildman–Crippen LogP) is 4.56. The maximum atomic E-state index is 13.1. The molecule has 0 spiro atoms. The number of likely N-dealkylation sites (tertiary alicyclic amines) is 2. The van der Waals surface area contributed by atoms with Crippen LogP contribution in [0.25, 0.3) is 22.1 Å². The van der Waals surface area contributed by atoms with E-state index in [1.807, 2.05) is 46.2 Å². The summed E-state index contributed by atoms with van der Waals surface area (Å²) >= 11 is 0. The topological polar surface area (TPSA) is 151 Å². The lowest BCUT2D eigenvalue weighted by molar-refractivity contribution is -0.146. The van der Waals surface area contributed by atoms with Gasteiger partial charge in [0.15, 0.2) is 0 Å². The van der Waals surface area contributed by atoms with Gasteiger partial charge in [-0.05, 0) is 62.1 Å². The summed E-state index contributed by atoms with van der Waals surface area (Å²) in [5.74, 6) is 6.08. The Bertz CT molecular complexity index is 1800. The summed E-state index contributed by atoms with van der Waals surface area (Å²) < 4.78 is 9.49. The molecule has 0 radical (unpaired) electrons. The molecule has 4 atom stereocenters. The number of nitrogens with one attached hydrogen (secondary N) is 2. The maximum absolute atomic E-state index is 13.1. The first-order valence-corrected chi connectivity index (χ1v) is 16.4. The Hall–Kier alpha value is -5.18. The van der Waals surface area contributed by atoms with E-state index in [9.17, 15) is 19.2 Å². The number of rotatable bonds is 8. The van der Waals surface area contributed by atoms with Crippen molar-refractivity contribution in [2.75, 3.05) is 27.3 Å². The lowest BCUT2D eigenvalue weighted by Crippen LogP contribution is -2.36. The molecule has 2 aromatic heterocycles. The number of hydrogen-bond donors (Lipinski definition) is 2. The van der Waals surface area contributed by atoms with Crippen LogP contribution < -0.4 is 0 Å². The molecule has 2 aromatic carbocycles. The number of amides is 2. The lowest BCUT2D eigenvalue weighted by Gasteiger charge is -2.26. The quantitative estimate of drug-likeness (QED) is 0.208. The number of nitrogens with zero attached hydrogens (tertiary/aromatic N) is 4. The summed E-state index contributed by atoms with van der Waals surface area (Å²) in [6, 6.07) is 11.3. The van der Waals surface area contributed by atoms with Gasteiger partial charge in [-0.1, -0.05) is 25.7 Å². The van der Waals surface area contributed by atoms with Gasteiger partial charge in [-0.25, -0.2) is 9.97 Å². The van der Waals surface area contributed by atoms with Gasteiger partial charge in [0.1, 0.15) is 11.6 Å². The molecular weight excluding hydrogens is 612 g/mol.